The Bertz CT molecular complexity index is 936. The number of alkyl halides is 2. The minimum absolute atomic E-state index is 0.123. The average molecular weight is 431 g/mol. The molecule has 1 unspecified atom stereocenters. The molecule has 0 spiro atoms. The number of hydrogen-bond acceptors (Lipinski definition) is 3. The molecule has 0 saturated heterocycles. The summed E-state index contributed by atoms with van der Waals surface area (Å²) in [5.74, 6) is -0.542. The van der Waals surface area contributed by atoms with Gasteiger partial charge in [0.2, 0.25) is 0 Å². The van der Waals surface area contributed by atoms with Gasteiger partial charge in [0.05, 0.1) is 11.6 Å². The van der Waals surface area contributed by atoms with Crippen LogP contribution in [0.1, 0.15) is 30.5 Å². The number of rotatable bonds is 4. The van der Waals surface area contributed by atoms with E-state index in [0.717, 1.165) is 10.5 Å². The summed E-state index contributed by atoms with van der Waals surface area (Å²) in [5.41, 5.74) is -0.501. The molecule has 130 valence electrons. The number of nitrogens with one attached hydrogen (secondary N) is 1. The van der Waals surface area contributed by atoms with Crippen molar-refractivity contribution in [1.29, 1.82) is 0 Å². The highest BCUT2D eigenvalue weighted by molar-refractivity contribution is 9.10. The second kappa shape index (κ2) is 7.17. The lowest BCUT2D eigenvalue weighted by Crippen LogP contribution is -2.12. The van der Waals surface area contributed by atoms with Crippen LogP contribution in [0.25, 0.3) is 10.8 Å². The molecule has 3 rings (SSSR count). The first-order valence-electron chi connectivity index (χ1n) is 7.33. The minimum atomic E-state index is -2.88. The smallest absolute Gasteiger partial charge is 0.266 e. The second-order valence-electron chi connectivity index (χ2n) is 5.45. The fourth-order valence-corrected chi connectivity index (χ4v) is 3.12. The third kappa shape index (κ3) is 3.57. The first-order chi connectivity index (χ1) is 11.9. The van der Waals surface area contributed by atoms with Gasteiger partial charge in [-0.1, -0.05) is 45.7 Å². The third-order valence-corrected chi connectivity index (χ3v) is 4.58. The number of benzene rings is 2. The van der Waals surface area contributed by atoms with Crippen molar-refractivity contribution in [3.63, 3.8) is 0 Å². The minimum Gasteiger partial charge on any atom is -0.361 e. The molecule has 8 heteroatoms. The van der Waals surface area contributed by atoms with Crippen molar-refractivity contribution in [2.75, 3.05) is 5.32 Å². The predicted molar refractivity (Wildman–Crippen MR) is 95.6 cm³/mol. The summed E-state index contributed by atoms with van der Waals surface area (Å²) in [6.07, 6.45) is -2.88. The Labute approximate surface area is 155 Å². The second-order valence-corrected chi connectivity index (χ2v) is 6.72. The van der Waals surface area contributed by atoms with Gasteiger partial charge in [-0.2, -0.15) is 0 Å². The summed E-state index contributed by atoms with van der Waals surface area (Å²) in [5, 5.41) is 12.5. The Balaban J connectivity index is 2.01. The number of fused-ring (bicyclic) bond motifs is 1. The van der Waals surface area contributed by atoms with Crippen LogP contribution in [0.2, 0.25) is 5.15 Å². The van der Waals surface area contributed by atoms with Crippen molar-refractivity contribution in [2.45, 2.75) is 19.4 Å². The molecule has 0 aliphatic heterocycles. The van der Waals surface area contributed by atoms with Gasteiger partial charge in [0.15, 0.2) is 11.0 Å². The number of anilines is 1. The zero-order valence-corrected chi connectivity index (χ0v) is 15.2. The molecule has 0 fully saturated rings. The predicted octanol–water partition coefficient (Wildman–Crippen LogP) is 6.30. The van der Waals surface area contributed by atoms with Crippen molar-refractivity contribution in [3.05, 3.63) is 63.0 Å². The Kier molecular flexibility index (Phi) is 5.15. The van der Waals surface area contributed by atoms with E-state index in [1.54, 1.807) is 19.1 Å². The van der Waals surface area contributed by atoms with Gasteiger partial charge in [-0.3, -0.25) is 0 Å². The quantitative estimate of drug-likeness (QED) is 0.528. The standard InChI is InChI=1S/C17H12BrClF3N3/c1-8(10-3-2-4-12(14(10)20)16(21)22)23-17-13-7-9(18)5-6-11(13)15(19)24-25-17/h2-8,16H,1H3,(H,23,25). The van der Waals surface area contributed by atoms with Crippen LogP contribution in [0.4, 0.5) is 19.0 Å². The number of nitrogens with zero attached hydrogens (tertiary/aromatic N) is 2. The Hall–Kier alpha value is -1.86. The van der Waals surface area contributed by atoms with E-state index in [1.807, 2.05) is 6.07 Å². The van der Waals surface area contributed by atoms with Crippen molar-refractivity contribution in [2.24, 2.45) is 0 Å². The Morgan fingerprint density at radius 1 is 1.08 bits per heavy atom. The molecular formula is C17H12BrClF3N3. The molecule has 0 aliphatic carbocycles. The lowest BCUT2D eigenvalue weighted by molar-refractivity contribution is 0.146. The molecule has 1 N–H and O–H groups in total. The summed E-state index contributed by atoms with van der Waals surface area (Å²) < 4.78 is 40.9. The van der Waals surface area contributed by atoms with Crippen LogP contribution in [0, 0.1) is 5.82 Å². The van der Waals surface area contributed by atoms with Gasteiger partial charge in [-0.15, -0.1) is 10.2 Å². The molecule has 0 saturated carbocycles. The van der Waals surface area contributed by atoms with E-state index in [2.05, 4.69) is 31.4 Å². The van der Waals surface area contributed by atoms with E-state index in [0.29, 0.717) is 16.6 Å². The lowest BCUT2D eigenvalue weighted by atomic mass is 10.0. The molecule has 0 aliphatic rings. The molecule has 0 radical (unpaired) electrons. The highest BCUT2D eigenvalue weighted by atomic mass is 79.9. The van der Waals surface area contributed by atoms with Gasteiger partial charge < -0.3 is 5.32 Å². The van der Waals surface area contributed by atoms with Crippen LogP contribution in [0.3, 0.4) is 0 Å². The summed E-state index contributed by atoms with van der Waals surface area (Å²) in [6, 6.07) is 8.73. The first-order valence-corrected chi connectivity index (χ1v) is 8.50. The molecule has 1 heterocycles. The number of hydrogen-bond donors (Lipinski definition) is 1. The van der Waals surface area contributed by atoms with Crippen LogP contribution in [-0.2, 0) is 0 Å². The number of halogens is 5. The topological polar surface area (TPSA) is 37.8 Å². The maximum Gasteiger partial charge on any atom is 0.266 e. The van der Waals surface area contributed by atoms with E-state index < -0.39 is 23.8 Å². The normalized spacial score (nSPS) is 12.6. The van der Waals surface area contributed by atoms with Crippen molar-refractivity contribution in [1.82, 2.24) is 10.2 Å². The van der Waals surface area contributed by atoms with Gasteiger partial charge in [-0.05, 0) is 25.1 Å². The zero-order chi connectivity index (χ0) is 18.1. The van der Waals surface area contributed by atoms with Crippen LogP contribution >= 0.6 is 27.5 Å². The Morgan fingerprint density at radius 2 is 1.80 bits per heavy atom. The van der Waals surface area contributed by atoms with Crippen molar-refractivity contribution >= 4 is 44.1 Å². The summed E-state index contributed by atoms with van der Waals surface area (Å²) in [4.78, 5) is 0. The van der Waals surface area contributed by atoms with Gasteiger partial charge in [-0.25, -0.2) is 13.2 Å². The largest absolute Gasteiger partial charge is 0.361 e. The van der Waals surface area contributed by atoms with Gasteiger partial charge >= 0.3 is 0 Å². The molecule has 25 heavy (non-hydrogen) atoms. The number of aromatic nitrogens is 2. The van der Waals surface area contributed by atoms with Crippen LogP contribution < -0.4 is 5.32 Å². The fraction of sp³-hybridized carbons (Fsp3) is 0.176. The molecule has 0 bridgehead atoms. The van der Waals surface area contributed by atoms with E-state index in [4.69, 9.17) is 11.6 Å². The van der Waals surface area contributed by atoms with Gasteiger partial charge in [0.25, 0.3) is 6.43 Å². The third-order valence-electron chi connectivity index (χ3n) is 3.81. The van der Waals surface area contributed by atoms with Crippen molar-refractivity contribution < 1.29 is 13.2 Å². The summed E-state index contributed by atoms with van der Waals surface area (Å²) in [7, 11) is 0. The first kappa shape index (κ1) is 17.9. The Morgan fingerprint density at radius 3 is 2.52 bits per heavy atom. The van der Waals surface area contributed by atoms with E-state index >= 15 is 0 Å². The van der Waals surface area contributed by atoms with Gasteiger partial charge in [0, 0.05) is 20.8 Å². The van der Waals surface area contributed by atoms with E-state index in [-0.39, 0.29) is 10.7 Å². The van der Waals surface area contributed by atoms with Crippen LogP contribution in [0.5, 0.6) is 0 Å². The highest BCUT2D eigenvalue weighted by Crippen LogP contribution is 2.32. The molecule has 1 atom stereocenters. The molecule has 0 amide bonds. The van der Waals surface area contributed by atoms with Crippen LogP contribution in [-0.4, -0.2) is 10.2 Å². The summed E-state index contributed by atoms with van der Waals surface area (Å²) in [6.45, 7) is 1.66. The van der Waals surface area contributed by atoms with E-state index in [9.17, 15) is 13.2 Å². The molecule has 1 aromatic heterocycles. The zero-order valence-electron chi connectivity index (χ0n) is 12.9. The summed E-state index contributed by atoms with van der Waals surface area (Å²) >= 11 is 9.43. The van der Waals surface area contributed by atoms with Gasteiger partial charge in [0.1, 0.15) is 5.82 Å². The molecular weight excluding hydrogens is 419 g/mol. The van der Waals surface area contributed by atoms with Crippen LogP contribution in [0.15, 0.2) is 40.9 Å². The lowest BCUT2D eigenvalue weighted by Gasteiger charge is -2.18. The average Bonchev–Trinajstić information content (AvgIpc) is 2.57. The fourth-order valence-electron chi connectivity index (χ4n) is 2.55. The molecule has 3 aromatic rings. The molecule has 2 aromatic carbocycles. The maximum atomic E-state index is 14.3. The van der Waals surface area contributed by atoms with E-state index in [1.165, 1.54) is 12.1 Å². The SMILES string of the molecule is CC(Nc1nnc(Cl)c2ccc(Br)cc12)c1cccc(C(F)F)c1F. The molecule has 3 nitrogen and oxygen atoms in total. The monoisotopic (exact) mass is 429 g/mol. The van der Waals surface area contributed by atoms with Crippen molar-refractivity contribution in [3.8, 4) is 0 Å². The maximum absolute atomic E-state index is 14.3. The highest BCUT2D eigenvalue weighted by Gasteiger charge is 2.20.